The van der Waals surface area contributed by atoms with Crippen molar-refractivity contribution in [3.05, 3.63) is 71.4 Å². The number of aromatic nitrogens is 5. The van der Waals surface area contributed by atoms with Crippen LogP contribution in [0.4, 0.5) is 8.78 Å². The first-order chi connectivity index (χ1) is 15.9. The second-order valence-electron chi connectivity index (χ2n) is 7.27. The molecular weight excluding hydrogens is 432 g/mol. The molecule has 0 N–H and O–H groups in total. The van der Waals surface area contributed by atoms with Gasteiger partial charge < -0.3 is 14.0 Å². The van der Waals surface area contributed by atoms with E-state index >= 15 is 0 Å². The molecule has 0 radical (unpaired) electrons. The van der Waals surface area contributed by atoms with Gasteiger partial charge in [0.25, 0.3) is 5.56 Å². The third-order valence-electron chi connectivity index (χ3n) is 5.26. The van der Waals surface area contributed by atoms with Crippen molar-refractivity contribution in [3.63, 3.8) is 0 Å². The summed E-state index contributed by atoms with van der Waals surface area (Å²) in [4.78, 5) is 26.5. The molecule has 0 bridgehead atoms. The number of alkyl halides is 2. The molecule has 0 aliphatic carbocycles. The maximum absolute atomic E-state index is 13.7. The van der Waals surface area contributed by atoms with E-state index in [0.29, 0.717) is 27.8 Å². The largest absolute Gasteiger partial charge is 0.467 e. The first-order valence-corrected chi connectivity index (χ1v) is 9.88. The molecule has 33 heavy (non-hydrogen) atoms. The van der Waals surface area contributed by atoms with E-state index in [4.69, 9.17) is 4.74 Å². The minimum absolute atomic E-state index is 0.0175. The van der Waals surface area contributed by atoms with Crippen molar-refractivity contribution in [1.82, 2.24) is 24.1 Å². The Morgan fingerprint density at radius 1 is 1.03 bits per heavy atom. The molecule has 0 saturated carbocycles. The van der Waals surface area contributed by atoms with Crippen LogP contribution in [0.2, 0.25) is 0 Å². The highest BCUT2D eigenvalue weighted by molar-refractivity contribution is 5.86. The SMILES string of the molecule is COc1ncc2cc(-c3ccc4ncn(C)c4c3)c(=O)n(-c3ccc(OC(F)F)cc3)c2n1. The van der Waals surface area contributed by atoms with Crippen LogP contribution >= 0.6 is 0 Å². The van der Waals surface area contributed by atoms with Crippen molar-refractivity contribution < 1.29 is 18.3 Å². The number of ether oxygens (including phenoxy) is 2. The van der Waals surface area contributed by atoms with Crippen LogP contribution in [0.25, 0.3) is 38.9 Å². The number of rotatable bonds is 5. The molecule has 0 aliphatic rings. The van der Waals surface area contributed by atoms with Crippen molar-refractivity contribution in [2.45, 2.75) is 6.61 Å². The smallest absolute Gasteiger partial charge is 0.387 e. The molecule has 8 nitrogen and oxygen atoms in total. The molecule has 5 rings (SSSR count). The van der Waals surface area contributed by atoms with Gasteiger partial charge in [-0.05, 0) is 48.0 Å². The fourth-order valence-corrected chi connectivity index (χ4v) is 3.70. The van der Waals surface area contributed by atoms with Crippen LogP contribution in [0.3, 0.4) is 0 Å². The molecule has 0 fully saturated rings. The highest BCUT2D eigenvalue weighted by Gasteiger charge is 2.16. The number of fused-ring (bicyclic) bond motifs is 2. The second-order valence-corrected chi connectivity index (χ2v) is 7.27. The zero-order valence-electron chi connectivity index (χ0n) is 17.6. The Kier molecular flexibility index (Phi) is 4.97. The summed E-state index contributed by atoms with van der Waals surface area (Å²) < 4.78 is 37.9. The van der Waals surface area contributed by atoms with Crippen molar-refractivity contribution in [1.29, 1.82) is 0 Å². The van der Waals surface area contributed by atoms with Gasteiger partial charge in [0.2, 0.25) is 0 Å². The molecule has 0 aliphatic heterocycles. The van der Waals surface area contributed by atoms with Crippen LogP contribution in [0.5, 0.6) is 11.8 Å². The number of halogens is 2. The van der Waals surface area contributed by atoms with E-state index < -0.39 is 6.61 Å². The van der Waals surface area contributed by atoms with Crippen molar-refractivity contribution in [2.24, 2.45) is 7.05 Å². The van der Waals surface area contributed by atoms with Crippen LogP contribution in [0, 0.1) is 0 Å². The Labute approximate surface area is 185 Å². The highest BCUT2D eigenvalue weighted by atomic mass is 19.3. The normalized spacial score (nSPS) is 11.4. The summed E-state index contributed by atoms with van der Waals surface area (Å²) in [7, 11) is 3.30. The molecule has 0 amide bonds. The van der Waals surface area contributed by atoms with E-state index in [-0.39, 0.29) is 17.3 Å². The molecule has 0 atom stereocenters. The molecule has 166 valence electrons. The van der Waals surface area contributed by atoms with E-state index in [1.807, 2.05) is 29.8 Å². The van der Waals surface area contributed by atoms with E-state index in [0.717, 1.165) is 11.0 Å². The molecule has 2 aromatic carbocycles. The summed E-state index contributed by atoms with van der Waals surface area (Å²) in [6.07, 6.45) is 3.27. The Morgan fingerprint density at radius 3 is 2.55 bits per heavy atom. The van der Waals surface area contributed by atoms with E-state index in [2.05, 4.69) is 19.7 Å². The topological polar surface area (TPSA) is 84.1 Å². The minimum Gasteiger partial charge on any atom is -0.467 e. The average molecular weight is 449 g/mol. The molecule has 10 heteroatoms. The Balaban J connectivity index is 1.76. The zero-order valence-corrected chi connectivity index (χ0v) is 17.6. The molecule has 0 unspecified atom stereocenters. The van der Waals surface area contributed by atoms with Crippen LogP contribution in [-0.2, 0) is 7.05 Å². The fourth-order valence-electron chi connectivity index (χ4n) is 3.70. The second kappa shape index (κ2) is 7.97. The molecule has 3 aromatic heterocycles. The average Bonchev–Trinajstić information content (AvgIpc) is 3.19. The number of imidazole rings is 1. The number of aryl methyl sites for hydroxylation is 1. The van der Waals surface area contributed by atoms with Gasteiger partial charge in [0.1, 0.15) is 5.75 Å². The predicted octanol–water partition coefficient (Wildman–Crippen LogP) is 3.94. The summed E-state index contributed by atoms with van der Waals surface area (Å²) in [5.41, 5.74) is 3.21. The maximum Gasteiger partial charge on any atom is 0.387 e. The molecule has 3 heterocycles. The van der Waals surface area contributed by atoms with E-state index in [9.17, 15) is 13.6 Å². The van der Waals surface area contributed by atoms with E-state index in [1.165, 1.54) is 35.9 Å². The van der Waals surface area contributed by atoms with Gasteiger partial charge in [0, 0.05) is 24.2 Å². The van der Waals surface area contributed by atoms with Crippen molar-refractivity contribution in [2.75, 3.05) is 7.11 Å². The van der Waals surface area contributed by atoms with Crippen LogP contribution in [-0.4, -0.2) is 37.8 Å². The molecule has 0 spiro atoms. The Bertz CT molecular complexity index is 1540. The number of hydrogen-bond acceptors (Lipinski definition) is 6. The minimum atomic E-state index is -2.94. The van der Waals surface area contributed by atoms with Gasteiger partial charge in [0.15, 0.2) is 5.65 Å². The maximum atomic E-state index is 13.7. The van der Waals surface area contributed by atoms with Crippen molar-refractivity contribution >= 4 is 22.1 Å². The molecule has 5 aromatic rings. The molecule has 0 saturated heterocycles. The van der Waals surface area contributed by atoms with Gasteiger partial charge >= 0.3 is 12.6 Å². The number of nitrogens with zero attached hydrogens (tertiary/aromatic N) is 5. The zero-order chi connectivity index (χ0) is 23.1. The lowest BCUT2D eigenvalue weighted by Gasteiger charge is -2.14. The lowest BCUT2D eigenvalue weighted by Crippen LogP contribution is -2.21. The summed E-state index contributed by atoms with van der Waals surface area (Å²) >= 11 is 0. The first-order valence-electron chi connectivity index (χ1n) is 9.88. The van der Waals surface area contributed by atoms with E-state index in [1.54, 1.807) is 18.6 Å². The number of benzene rings is 2. The quantitative estimate of drug-likeness (QED) is 0.404. The standard InChI is InChI=1S/C23H17F2N5O3/c1-29-12-27-18-8-3-13(10-19(18)29)17-9-14-11-26-23(32-2)28-20(14)30(21(17)31)15-4-6-16(7-5-15)33-22(24)25/h3-12,22H,1-2H3. The monoisotopic (exact) mass is 449 g/mol. The lowest BCUT2D eigenvalue weighted by molar-refractivity contribution is -0.0498. The Hall–Kier alpha value is -4.34. The fraction of sp³-hybridized carbons (Fsp3) is 0.130. The van der Waals surface area contributed by atoms with Crippen molar-refractivity contribution in [3.8, 4) is 28.6 Å². The van der Waals surface area contributed by atoms with Gasteiger partial charge in [-0.25, -0.2) is 9.97 Å². The summed E-state index contributed by atoms with van der Waals surface area (Å²) in [6.45, 7) is -2.94. The van der Waals surface area contributed by atoms with Crippen LogP contribution < -0.4 is 15.0 Å². The first kappa shape index (κ1) is 20.6. The number of hydrogen-bond donors (Lipinski definition) is 0. The third kappa shape index (κ3) is 3.65. The number of pyridine rings is 1. The van der Waals surface area contributed by atoms with Crippen LogP contribution in [0.15, 0.2) is 65.8 Å². The highest BCUT2D eigenvalue weighted by Crippen LogP contribution is 2.26. The van der Waals surface area contributed by atoms with Gasteiger partial charge in [-0.15, -0.1) is 0 Å². The van der Waals surface area contributed by atoms with Gasteiger partial charge in [-0.3, -0.25) is 9.36 Å². The molecular formula is C23H17F2N5O3. The van der Waals surface area contributed by atoms with Gasteiger partial charge in [-0.2, -0.15) is 13.8 Å². The summed E-state index contributed by atoms with van der Waals surface area (Å²) in [5.74, 6) is -0.0175. The van der Waals surface area contributed by atoms with Gasteiger partial charge in [0.05, 0.1) is 30.2 Å². The van der Waals surface area contributed by atoms with Crippen LogP contribution in [0.1, 0.15) is 0 Å². The lowest BCUT2D eigenvalue weighted by atomic mass is 10.0. The number of methoxy groups -OCH3 is 1. The van der Waals surface area contributed by atoms with Gasteiger partial charge in [-0.1, -0.05) is 6.07 Å². The third-order valence-corrected chi connectivity index (χ3v) is 5.26. The predicted molar refractivity (Wildman–Crippen MR) is 118 cm³/mol. The summed E-state index contributed by atoms with van der Waals surface area (Å²) in [6, 6.07) is 13.1. The summed E-state index contributed by atoms with van der Waals surface area (Å²) in [5, 5.41) is 0.600. The Morgan fingerprint density at radius 2 is 1.82 bits per heavy atom.